The SMILES string of the molecule is Cl.NC[C@H]1CC[C@@H](C(=O)N2CCC(CC(=O)N3CCCC3)CC2)O1. The molecule has 0 aromatic rings. The average Bonchev–Trinajstić information content (AvgIpc) is 3.26. The van der Waals surface area contributed by atoms with Crippen molar-refractivity contribution in [2.75, 3.05) is 32.7 Å². The molecule has 2 N–H and O–H groups in total. The zero-order chi connectivity index (χ0) is 16.2. The normalized spacial score (nSPS) is 28.0. The second kappa shape index (κ2) is 9.02. The Kier molecular flexibility index (Phi) is 7.32. The van der Waals surface area contributed by atoms with Crippen molar-refractivity contribution in [3.8, 4) is 0 Å². The van der Waals surface area contributed by atoms with Crippen LogP contribution < -0.4 is 5.73 Å². The Bertz CT molecular complexity index is 435. The topological polar surface area (TPSA) is 75.9 Å². The Morgan fingerprint density at radius 2 is 1.62 bits per heavy atom. The minimum absolute atomic E-state index is 0. The number of carbonyl (C=O) groups is 2. The summed E-state index contributed by atoms with van der Waals surface area (Å²) in [5.41, 5.74) is 5.61. The van der Waals surface area contributed by atoms with Gasteiger partial charge in [0.05, 0.1) is 6.10 Å². The number of rotatable bonds is 4. The Labute approximate surface area is 150 Å². The first kappa shape index (κ1) is 19.5. The molecule has 3 saturated heterocycles. The van der Waals surface area contributed by atoms with Crippen molar-refractivity contribution in [2.45, 2.75) is 57.2 Å². The second-order valence-corrected chi connectivity index (χ2v) is 7.12. The van der Waals surface area contributed by atoms with E-state index in [2.05, 4.69) is 0 Å². The Balaban J connectivity index is 0.00000208. The summed E-state index contributed by atoms with van der Waals surface area (Å²) in [7, 11) is 0. The van der Waals surface area contributed by atoms with Crippen LogP contribution in [0.5, 0.6) is 0 Å². The van der Waals surface area contributed by atoms with Crippen LogP contribution in [0.3, 0.4) is 0 Å². The van der Waals surface area contributed by atoms with Gasteiger partial charge in [-0.1, -0.05) is 0 Å². The molecular formula is C17H30ClN3O3. The van der Waals surface area contributed by atoms with Crippen LogP contribution in [0.2, 0.25) is 0 Å². The van der Waals surface area contributed by atoms with E-state index in [4.69, 9.17) is 10.5 Å². The summed E-state index contributed by atoms with van der Waals surface area (Å²) in [4.78, 5) is 28.6. The van der Waals surface area contributed by atoms with E-state index in [-0.39, 0.29) is 30.5 Å². The van der Waals surface area contributed by atoms with Crippen molar-refractivity contribution < 1.29 is 14.3 Å². The molecule has 6 nitrogen and oxygen atoms in total. The molecular weight excluding hydrogens is 330 g/mol. The fourth-order valence-corrected chi connectivity index (χ4v) is 3.96. The molecule has 2 atom stereocenters. The van der Waals surface area contributed by atoms with Gasteiger partial charge in [-0.3, -0.25) is 9.59 Å². The Morgan fingerprint density at radius 3 is 2.21 bits per heavy atom. The van der Waals surface area contributed by atoms with E-state index in [0.717, 1.165) is 64.7 Å². The molecule has 0 saturated carbocycles. The van der Waals surface area contributed by atoms with Gasteiger partial charge >= 0.3 is 0 Å². The molecule has 7 heteroatoms. The summed E-state index contributed by atoms with van der Waals surface area (Å²) in [5, 5.41) is 0. The van der Waals surface area contributed by atoms with Crippen molar-refractivity contribution in [1.29, 1.82) is 0 Å². The number of amides is 2. The summed E-state index contributed by atoms with van der Waals surface area (Å²) in [6.45, 7) is 3.85. The Morgan fingerprint density at radius 1 is 0.958 bits per heavy atom. The number of nitrogens with two attached hydrogens (primary N) is 1. The van der Waals surface area contributed by atoms with Gasteiger partial charge in [0.15, 0.2) is 0 Å². The van der Waals surface area contributed by atoms with Gasteiger partial charge in [-0.05, 0) is 44.4 Å². The zero-order valence-corrected chi connectivity index (χ0v) is 15.1. The average molecular weight is 360 g/mol. The van der Waals surface area contributed by atoms with Crippen LogP contribution in [0.1, 0.15) is 44.9 Å². The molecule has 0 spiro atoms. The van der Waals surface area contributed by atoms with Gasteiger partial charge in [0.1, 0.15) is 6.10 Å². The van der Waals surface area contributed by atoms with Crippen LogP contribution >= 0.6 is 12.4 Å². The lowest BCUT2D eigenvalue weighted by Crippen LogP contribution is -2.44. The molecule has 0 radical (unpaired) electrons. The maximum Gasteiger partial charge on any atom is 0.251 e. The van der Waals surface area contributed by atoms with Crippen LogP contribution in [0.4, 0.5) is 0 Å². The number of ether oxygens (including phenoxy) is 1. The fraction of sp³-hybridized carbons (Fsp3) is 0.882. The van der Waals surface area contributed by atoms with E-state index in [0.29, 0.717) is 24.8 Å². The van der Waals surface area contributed by atoms with Crippen LogP contribution in [-0.2, 0) is 14.3 Å². The molecule has 3 heterocycles. The number of piperidine rings is 1. The maximum atomic E-state index is 12.5. The molecule has 0 unspecified atom stereocenters. The molecule has 0 aliphatic carbocycles. The van der Waals surface area contributed by atoms with E-state index < -0.39 is 0 Å². The molecule has 0 bridgehead atoms. The number of likely N-dealkylation sites (tertiary alicyclic amines) is 2. The minimum atomic E-state index is -0.300. The molecule has 24 heavy (non-hydrogen) atoms. The molecule has 0 aromatic heterocycles. The predicted molar refractivity (Wildman–Crippen MR) is 93.9 cm³/mol. The number of hydrogen-bond donors (Lipinski definition) is 1. The molecule has 2 amide bonds. The summed E-state index contributed by atoms with van der Waals surface area (Å²) in [5.74, 6) is 0.843. The van der Waals surface area contributed by atoms with E-state index in [9.17, 15) is 9.59 Å². The van der Waals surface area contributed by atoms with Crippen molar-refractivity contribution in [3.05, 3.63) is 0 Å². The largest absolute Gasteiger partial charge is 0.364 e. The second-order valence-electron chi connectivity index (χ2n) is 7.12. The quantitative estimate of drug-likeness (QED) is 0.817. The van der Waals surface area contributed by atoms with E-state index in [1.165, 1.54) is 0 Å². The monoisotopic (exact) mass is 359 g/mol. The predicted octanol–water partition coefficient (Wildman–Crippen LogP) is 1.17. The van der Waals surface area contributed by atoms with Crippen LogP contribution in [-0.4, -0.2) is 66.5 Å². The van der Waals surface area contributed by atoms with E-state index in [1.54, 1.807) is 0 Å². The molecule has 3 aliphatic rings. The number of nitrogens with zero attached hydrogens (tertiary/aromatic N) is 2. The van der Waals surface area contributed by atoms with E-state index >= 15 is 0 Å². The van der Waals surface area contributed by atoms with Gasteiger partial charge in [-0.25, -0.2) is 0 Å². The summed E-state index contributed by atoms with van der Waals surface area (Å²) < 4.78 is 5.71. The number of halogens is 1. The lowest BCUT2D eigenvalue weighted by molar-refractivity contribution is -0.144. The highest BCUT2D eigenvalue weighted by atomic mass is 35.5. The summed E-state index contributed by atoms with van der Waals surface area (Å²) in [6.07, 6.45) is 6.20. The highest BCUT2D eigenvalue weighted by Gasteiger charge is 2.34. The maximum absolute atomic E-state index is 12.5. The van der Waals surface area contributed by atoms with Crippen molar-refractivity contribution in [3.63, 3.8) is 0 Å². The first-order valence-electron chi connectivity index (χ1n) is 9.09. The van der Waals surface area contributed by atoms with Gasteiger partial charge in [0, 0.05) is 39.1 Å². The van der Waals surface area contributed by atoms with E-state index in [1.807, 2.05) is 9.80 Å². The summed E-state index contributed by atoms with van der Waals surface area (Å²) >= 11 is 0. The van der Waals surface area contributed by atoms with Crippen molar-refractivity contribution in [2.24, 2.45) is 11.7 Å². The van der Waals surface area contributed by atoms with Crippen LogP contribution in [0, 0.1) is 5.92 Å². The third-order valence-corrected chi connectivity index (χ3v) is 5.49. The van der Waals surface area contributed by atoms with Gasteiger partial charge in [0.25, 0.3) is 5.91 Å². The molecule has 138 valence electrons. The van der Waals surface area contributed by atoms with Crippen LogP contribution in [0.25, 0.3) is 0 Å². The van der Waals surface area contributed by atoms with Gasteiger partial charge in [0.2, 0.25) is 5.91 Å². The first-order valence-corrected chi connectivity index (χ1v) is 9.09. The number of hydrogen-bond acceptors (Lipinski definition) is 4. The molecule has 3 aliphatic heterocycles. The van der Waals surface area contributed by atoms with Gasteiger partial charge in [-0.2, -0.15) is 0 Å². The molecule has 3 rings (SSSR count). The smallest absolute Gasteiger partial charge is 0.251 e. The number of carbonyl (C=O) groups excluding carboxylic acids is 2. The van der Waals surface area contributed by atoms with Gasteiger partial charge in [-0.15, -0.1) is 12.4 Å². The van der Waals surface area contributed by atoms with Crippen molar-refractivity contribution in [1.82, 2.24) is 9.80 Å². The first-order chi connectivity index (χ1) is 11.2. The lowest BCUT2D eigenvalue weighted by atomic mass is 9.92. The Hall–Kier alpha value is -0.850. The standard InChI is InChI=1S/C17H29N3O3.ClH/c18-12-14-3-4-15(23-14)17(22)20-9-5-13(6-10-20)11-16(21)19-7-1-2-8-19;/h13-15H,1-12,18H2;1H/t14-,15+;/m1./s1. The minimum Gasteiger partial charge on any atom is -0.364 e. The molecule has 0 aromatic carbocycles. The third kappa shape index (κ3) is 4.61. The lowest BCUT2D eigenvalue weighted by Gasteiger charge is -2.33. The highest BCUT2D eigenvalue weighted by molar-refractivity contribution is 5.85. The van der Waals surface area contributed by atoms with Gasteiger partial charge < -0.3 is 20.3 Å². The molecule has 3 fully saturated rings. The zero-order valence-electron chi connectivity index (χ0n) is 14.3. The van der Waals surface area contributed by atoms with Crippen LogP contribution in [0.15, 0.2) is 0 Å². The highest BCUT2D eigenvalue weighted by Crippen LogP contribution is 2.26. The summed E-state index contributed by atoms with van der Waals surface area (Å²) in [6, 6.07) is 0. The van der Waals surface area contributed by atoms with Crippen molar-refractivity contribution >= 4 is 24.2 Å². The third-order valence-electron chi connectivity index (χ3n) is 5.49. The fourth-order valence-electron chi connectivity index (χ4n) is 3.96.